The topological polar surface area (TPSA) is 51.2 Å². The lowest BCUT2D eigenvalue weighted by molar-refractivity contribution is -0.110. The molecule has 0 spiro atoms. The number of hydrogen-bond donors (Lipinski definition) is 0. The fraction of sp³-hybridized carbons (Fsp3) is 0.833. The van der Waals surface area contributed by atoms with Crippen molar-refractivity contribution in [3.63, 3.8) is 0 Å². The lowest BCUT2D eigenvalue weighted by Crippen LogP contribution is -2.36. The Labute approximate surface area is 159 Å². The zero-order valence-corrected chi connectivity index (χ0v) is 17.5. The minimum absolute atomic E-state index is 0.183. The standard InChI is InChI=1S/C18H30O3S3/c1-14(19)22-11-7-17-6-4-5-8-18(17,9-12-23-15(2)20)10-13-24-16(3)21/h17H,4-13H2,1-3H3. The molecule has 0 saturated heterocycles. The Bertz CT molecular complexity index is 417. The summed E-state index contributed by atoms with van der Waals surface area (Å²) in [5, 5.41) is 0.557. The van der Waals surface area contributed by atoms with Crippen LogP contribution >= 0.6 is 35.3 Å². The first-order valence-electron chi connectivity index (χ1n) is 8.76. The highest BCUT2D eigenvalue weighted by molar-refractivity contribution is 8.14. The van der Waals surface area contributed by atoms with E-state index in [0.29, 0.717) is 5.92 Å². The molecule has 1 saturated carbocycles. The molecule has 1 aliphatic rings. The molecule has 1 aliphatic carbocycles. The lowest BCUT2D eigenvalue weighted by atomic mass is 9.62. The summed E-state index contributed by atoms with van der Waals surface area (Å²) in [4.78, 5) is 33.8. The minimum Gasteiger partial charge on any atom is -0.288 e. The van der Waals surface area contributed by atoms with E-state index >= 15 is 0 Å². The highest BCUT2D eigenvalue weighted by atomic mass is 32.2. The first-order valence-corrected chi connectivity index (χ1v) is 11.7. The van der Waals surface area contributed by atoms with E-state index < -0.39 is 0 Å². The number of thioether (sulfide) groups is 3. The lowest BCUT2D eigenvalue weighted by Gasteiger charge is -2.45. The first kappa shape index (κ1) is 22.1. The van der Waals surface area contributed by atoms with Crippen molar-refractivity contribution in [3.8, 4) is 0 Å². The zero-order chi connectivity index (χ0) is 18.0. The molecule has 0 N–H and O–H groups in total. The largest absolute Gasteiger partial charge is 0.288 e. The molecule has 0 aromatic heterocycles. The van der Waals surface area contributed by atoms with E-state index in [1.165, 1.54) is 61.0 Å². The summed E-state index contributed by atoms with van der Waals surface area (Å²) in [6, 6.07) is 0. The number of carbonyl (C=O) groups is 3. The third kappa shape index (κ3) is 8.43. The van der Waals surface area contributed by atoms with Crippen LogP contribution in [0.2, 0.25) is 0 Å². The van der Waals surface area contributed by atoms with Crippen LogP contribution in [0.25, 0.3) is 0 Å². The van der Waals surface area contributed by atoms with E-state index in [-0.39, 0.29) is 20.8 Å². The number of hydrogen-bond acceptors (Lipinski definition) is 6. The first-order chi connectivity index (χ1) is 11.4. The highest BCUT2D eigenvalue weighted by Gasteiger charge is 2.39. The van der Waals surface area contributed by atoms with Crippen molar-refractivity contribution in [1.29, 1.82) is 0 Å². The molecule has 0 bridgehead atoms. The summed E-state index contributed by atoms with van der Waals surface area (Å²) < 4.78 is 0. The zero-order valence-electron chi connectivity index (χ0n) is 15.1. The predicted octanol–water partition coefficient (Wildman–Crippen LogP) is 5.17. The van der Waals surface area contributed by atoms with Crippen molar-refractivity contribution in [2.24, 2.45) is 11.3 Å². The van der Waals surface area contributed by atoms with Gasteiger partial charge in [0.2, 0.25) is 0 Å². The van der Waals surface area contributed by atoms with Crippen molar-refractivity contribution in [3.05, 3.63) is 0 Å². The van der Waals surface area contributed by atoms with Crippen LogP contribution in [-0.2, 0) is 14.4 Å². The monoisotopic (exact) mass is 390 g/mol. The average molecular weight is 391 g/mol. The van der Waals surface area contributed by atoms with Gasteiger partial charge >= 0.3 is 0 Å². The van der Waals surface area contributed by atoms with Gasteiger partial charge in [0.1, 0.15) is 0 Å². The van der Waals surface area contributed by atoms with E-state index in [0.717, 1.165) is 36.5 Å². The van der Waals surface area contributed by atoms with Gasteiger partial charge in [-0.3, -0.25) is 14.4 Å². The predicted molar refractivity (Wildman–Crippen MR) is 108 cm³/mol. The second kappa shape index (κ2) is 11.6. The SMILES string of the molecule is CC(=O)SCCC1CCCCC1(CCSC(C)=O)CCSC(C)=O. The van der Waals surface area contributed by atoms with Gasteiger partial charge < -0.3 is 0 Å². The van der Waals surface area contributed by atoms with Crippen molar-refractivity contribution in [2.75, 3.05) is 17.3 Å². The van der Waals surface area contributed by atoms with Gasteiger partial charge in [0, 0.05) is 38.0 Å². The normalized spacial score (nSPS) is 19.9. The second-order valence-corrected chi connectivity index (χ2v) is 10.4. The summed E-state index contributed by atoms with van der Waals surface area (Å²) in [5.41, 5.74) is 0.237. The molecule has 0 heterocycles. The number of rotatable bonds is 9. The molecule has 0 aliphatic heterocycles. The maximum Gasteiger partial charge on any atom is 0.185 e. The molecule has 1 rings (SSSR count). The van der Waals surface area contributed by atoms with Gasteiger partial charge in [0.15, 0.2) is 15.3 Å². The van der Waals surface area contributed by atoms with Crippen LogP contribution in [-0.4, -0.2) is 32.6 Å². The molecular weight excluding hydrogens is 360 g/mol. The van der Waals surface area contributed by atoms with Gasteiger partial charge in [-0.25, -0.2) is 0 Å². The molecule has 0 aromatic carbocycles. The van der Waals surface area contributed by atoms with Crippen LogP contribution in [0.1, 0.15) is 65.7 Å². The molecule has 1 atom stereocenters. The van der Waals surface area contributed by atoms with Crippen LogP contribution in [0.4, 0.5) is 0 Å². The van der Waals surface area contributed by atoms with Gasteiger partial charge in [0.25, 0.3) is 0 Å². The smallest absolute Gasteiger partial charge is 0.185 e. The van der Waals surface area contributed by atoms with Gasteiger partial charge in [-0.2, -0.15) is 0 Å². The van der Waals surface area contributed by atoms with E-state index in [1.54, 1.807) is 20.8 Å². The Morgan fingerprint density at radius 2 is 1.33 bits per heavy atom. The Morgan fingerprint density at radius 1 is 0.833 bits per heavy atom. The van der Waals surface area contributed by atoms with E-state index in [4.69, 9.17) is 0 Å². The quantitative estimate of drug-likeness (QED) is 0.541. The summed E-state index contributed by atoms with van der Waals surface area (Å²) in [5.74, 6) is 3.24. The minimum atomic E-state index is 0.183. The molecule has 1 unspecified atom stereocenters. The Hall–Kier alpha value is 0.0600. The summed E-state index contributed by atoms with van der Waals surface area (Å²) >= 11 is 4.27. The summed E-state index contributed by atoms with van der Waals surface area (Å²) in [7, 11) is 0. The molecule has 3 nitrogen and oxygen atoms in total. The molecule has 0 amide bonds. The van der Waals surface area contributed by atoms with Crippen molar-refractivity contribution in [1.82, 2.24) is 0 Å². The maximum absolute atomic E-state index is 11.3. The Morgan fingerprint density at radius 3 is 1.83 bits per heavy atom. The van der Waals surface area contributed by atoms with Gasteiger partial charge in [-0.15, -0.1) is 0 Å². The van der Waals surface area contributed by atoms with Crippen molar-refractivity contribution >= 4 is 50.6 Å². The number of carbonyl (C=O) groups excluding carboxylic acids is 3. The summed E-state index contributed by atoms with van der Waals surface area (Å²) in [6.45, 7) is 4.89. The van der Waals surface area contributed by atoms with Crippen LogP contribution < -0.4 is 0 Å². The molecular formula is C18H30O3S3. The molecule has 138 valence electrons. The third-order valence-electron chi connectivity index (χ3n) is 4.93. The van der Waals surface area contributed by atoms with Crippen molar-refractivity contribution in [2.45, 2.75) is 65.7 Å². The van der Waals surface area contributed by atoms with Crippen LogP contribution in [0.5, 0.6) is 0 Å². The van der Waals surface area contributed by atoms with Gasteiger partial charge in [0.05, 0.1) is 0 Å². The van der Waals surface area contributed by atoms with Crippen LogP contribution in [0.3, 0.4) is 0 Å². The fourth-order valence-corrected chi connectivity index (χ4v) is 6.03. The Kier molecular flexibility index (Phi) is 10.7. The van der Waals surface area contributed by atoms with E-state index in [9.17, 15) is 14.4 Å². The molecule has 0 radical (unpaired) electrons. The molecule has 6 heteroatoms. The van der Waals surface area contributed by atoms with Crippen LogP contribution in [0.15, 0.2) is 0 Å². The average Bonchev–Trinajstić information content (AvgIpc) is 2.48. The maximum atomic E-state index is 11.3. The fourth-order valence-electron chi connectivity index (χ4n) is 3.75. The molecule has 1 fully saturated rings. The Balaban J connectivity index is 2.72. The van der Waals surface area contributed by atoms with Crippen LogP contribution in [0, 0.1) is 11.3 Å². The summed E-state index contributed by atoms with van der Waals surface area (Å²) in [6.07, 6.45) is 8.08. The van der Waals surface area contributed by atoms with Crippen molar-refractivity contribution < 1.29 is 14.4 Å². The third-order valence-corrected chi connectivity index (χ3v) is 7.40. The highest BCUT2D eigenvalue weighted by Crippen LogP contribution is 2.49. The molecule has 0 aromatic rings. The van der Waals surface area contributed by atoms with Gasteiger partial charge in [-0.1, -0.05) is 48.1 Å². The second-order valence-electron chi connectivity index (χ2n) is 6.61. The molecule has 24 heavy (non-hydrogen) atoms. The van der Waals surface area contributed by atoms with E-state index in [1.807, 2.05) is 0 Å². The van der Waals surface area contributed by atoms with Gasteiger partial charge in [-0.05, 0) is 43.4 Å². The van der Waals surface area contributed by atoms with E-state index in [2.05, 4.69) is 0 Å².